The Morgan fingerprint density at radius 3 is 2.93 bits per heavy atom. The Labute approximate surface area is 82.0 Å². The van der Waals surface area contributed by atoms with E-state index in [-0.39, 0.29) is 0 Å². The third-order valence-corrected chi connectivity index (χ3v) is 2.09. The number of hydrogen-bond acceptors (Lipinski definition) is 4. The van der Waals surface area contributed by atoms with Crippen molar-refractivity contribution in [3.8, 4) is 0 Å². The van der Waals surface area contributed by atoms with E-state index in [0.29, 0.717) is 5.95 Å². The van der Waals surface area contributed by atoms with Gasteiger partial charge in [-0.3, -0.25) is 0 Å². The molecular weight excluding hydrogens is 178 g/mol. The normalized spacial score (nSPS) is 11.0. The largest absolute Gasteiger partial charge is 0.368 e. The van der Waals surface area contributed by atoms with Gasteiger partial charge in [-0.25, -0.2) is 9.38 Å². The maximum Gasteiger partial charge on any atom is 0.227 e. The standard InChI is InChI=1S/C9H13N5/c1-3-4-7-11-6(2)5-8-12-13-9(10)14(7)8/h5H,3-4H2,1-2H3,(H2,10,13). The molecule has 0 radical (unpaired) electrons. The molecule has 0 fully saturated rings. The monoisotopic (exact) mass is 191 g/mol. The van der Waals surface area contributed by atoms with E-state index < -0.39 is 0 Å². The summed E-state index contributed by atoms with van der Waals surface area (Å²) >= 11 is 0. The summed E-state index contributed by atoms with van der Waals surface area (Å²) in [6, 6.07) is 1.88. The van der Waals surface area contributed by atoms with Crippen LogP contribution in [0.1, 0.15) is 24.9 Å². The number of aromatic nitrogens is 4. The van der Waals surface area contributed by atoms with Crippen LogP contribution in [-0.4, -0.2) is 19.6 Å². The highest BCUT2D eigenvalue weighted by Gasteiger charge is 2.08. The summed E-state index contributed by atoms with van der Waals surface area (Å²) in [6.07, 6.45) is 1.92. The van der Waals surface area contributed by atoms with Crippen molar-refractivity contribution < 1.29 is 0 Å². The summed E-state index contributed by atoms with van der Waals surface area (Å²) in [5, 5.41) is 7.80. The average Bonchev–Trinajstić information content (AvgIpc) is 2.48. The van der Waals surface area contributed by atoms with Crippen LogP contribution in [0.2, 0.25) is 0 Å². The summed E-state index contributed by atoms with van der Waals surface area (Å²) in [7, 11) is 0. The van der Waals surface area contributed by atoms with Crippen molar-refractivity contribution in [2.75, 3.05) is 5.73 Å². The van der Waals surface area contributed by atoms with Crippen LogP contribution >= 0.6 is 0 Å². The number of anilines is 1. The molecule has 0 atom stereocenters. The van der Waals surface area contributed by atoms with Gasteiger partial charge in [0.2, 0.25) is 5.95 Å². The summed E-state index contributed by atoms with van der Waals surface area (Å²) < 4.78 is 1.80. The Kier molecular flexibility index (Phi) is 2.07. The molecule has 74 valence electrons. The maximum absolute atomic E-state index is 5.71. The molecule has 5 heteroatoms. The van der Waals surface area contributed by atoms with Gasteiger partial charge < -0.3 is 5.73 Å². The Hall–Kier alpha value is -1.65. The molecule has 2 heterocycles. The maximum atomic E-state index is 5.71. The Bertz CT molecular complexity index is 459. The first-order chi connectivity index (χ1) is 6.72. The Morgan fingerprint density at radius 1 is 1.43 bits per heavy atom. The van der Waals surface area contributed by atoms with Gasteiger partial charge in [-0.2, -0.15) is 0 Å². The van der Waals surface area contributed by atoms with Crippen LogP contribution in [0, 0.1) is 6.92 Å². The van der Waals surface area contributed by atoms with Crippen molar-refractivity contribution in [1.29, 1.82) is 0 Å². The fraction of sp³-hybridized carbons (Fsp3) is 0.444. The lowest BCUT2D eigenvalue weighted by atomic mass is 10.3. The van der Waals surface area contributed by atoms with Gasteiger partial charge in [0.1, 0.15) is 5.82 Å². The van der Waals surface area contributed by atoms with Gasteiger partial charge in [-0.05, 0) is 13.3 Å². The number of nitrogens with zero attached hydrogens (tertiary/aromatic N) is 4. The molecule has 2 rings (SSSR count). The van der Waals surface area contributed by atoms with Crippen LogP contribution in [0.25, 0.3) is 5.65 Å². The summed E-state index contributed by atoms with van der Waals surface area (Å²) in [4.78, 5) is 4.43. The van der Waals surface area contributed by atoms with E-state index >= 15 is 0 Å². The minimum Gasteiger partial charge on any atom is -0.368 e. The molecule has 0 aliphatic carbocycles. The average molecular weight is 191 g/mol. The van der Waals surface area contributed by atoms with Crippen LogP contribution in [0.15, 0.2) is 6.07 Å². The van der Waals surface area contributed by atoms with Crippen molar-refractivity contribution in [1.82, 2.24) is 19.6 Å². The molecule has 0 amide bonds. The van der Waals surface area contributed by atoms with E-state index in [1.165, 1.54) is 0 Å². The van der Waals surface area contributed by atoms with Crippen LogP contribution in [0.5, 0.6) is 0 Å². The van der Waals surface area contributed by atoms with Crippen LogP contribution in [0.4, 0.5) is 5.95 Å². The molecule has 0 bridgehead atoms. The molecule has 5 nitrogen and oxygen atoms in total. The van der Waals surface area contributed by atoms with Gasteiger partial charge >= 0.3 is 0 Å². The zero-order valence-electron chi connectivity index (χ0n) is 8.36. The van der Waals surface area contributed by atoms with Crippen molar-refractivity contribution in [2.24, 2.45) is 0 Å². The van der Waals surface area contributed by atoms with E-state index in [1.54, 1.807) is 4.40 Å². The van der Waals surface area contributed by atoms with Gasteiger partial charge in [0.25, 0.3) is 0 Å². The third kappa shape index (κ3) is 1.30. The van der Waals surface area contributed by atoms with Gasteiger partial charge in [0, 0.05) is 18.2 Å². The molecule has 2 aromatic heterocycles. The zero-order valence-corrected chi connectivity index (χ0v) is 8.36. The molecule has 0 aromatic carbocycles. The molecular formula is C9H13N5. The number of rotatable bonds is 2. The molecule has 0 unspecified atom stereocenters. The van der Waals surface area contributed by atoms with E-state index in [0.717, 1.165) is 30.0 Å². The minimum absolute atomic E-state index is 0.413. The summed E-state index contributed by atoms with van der Waals surface area (Å²) in [5.74, 6) is 1.35. The van der Waals surface area contributed by atoms with E-state index in [1.807, 2.05) is 13.0 Å². The number of nitrogens with two attached hydrogens (primary N) is 1. The van der Waals surface area contributed by atoms with E-state index in [9.17, 15) is 0 Å². The lowest BCUT2D eigenvalue weighted by Gasteiger charge is -2.04. The first-order valence-electron chi connectivity index (χ1n) is 4.69. The van der Waals surface area contributed by atoms with Crippen molar-refractivity contribution in [2.45, 2.75) is 26.7 Å². The molecule has 2 N–H and O–H groups in total. The van der Waals surface area contributed by atoms with Crippen molar-refractivity contribution in [3.63, 3.8) is 0 Å². The fourth-order valence-electron chi connectivity index (χ4n) is 1.53. The van der Waals surface area contributed by atoms with Crippen LogP contribution in [0.3, 0.4) is 0 Å². The highest BCUT2D eigenvalue weighted by Crippen LogP contribution is 2.11. The summed E-state index contributed by atoms with van der Waals surface area (Å²) in [5.41, 5.74) is 7.44. The second-order valence-corrected chi connectivity index (χ2v) is 3.32. The first kappa shape index (κ1) is 8.93. The molecule has 14 heavy (non-hydrogen) atoms. The smallest absolute Gasteiger partial charge is 0.227 e. The third-order valence-electron chi connectivity index (χ3n) is 2.09. The van der Waals surface area contributed by atoms with Crippen molar-refractivity contribution in [3.05, 3.63) is 17.6 Å². The second-order valence-electron chi connectivity index (χ2n) is 3.32. The Balaban J connectivity index is 2.70. The lowest BCUT2D eigenvalue weighted by Crippen LogP contribution is -2.05. The number of fused-ring (bicyclic) bond motifs is 1. The van der Waals surface area contributed by atoms with E-state index in [2.05, 4.69) is 22.1 Å². The SMILES string of the molecule is CCCc1nc(C)cc2nnc(N)n12. The van der Waals surface area contributed by atoms with E-state index in [4.69, 9.17) is 5.73 Å². The minimum atomic E-state index is 0.413. The van der Waals surface area contributed by atoms with Gasteiger partial charge in [-0.1, -0.05) is 6.92 Å². The van der Waals surface area contributed by atoms with Crippen LogP contribution in [-0.2, 0) is 6.42 Å². The summed E-state index contributed by atoms with van der Waals surface area (Å²) in [6.45, 7) is 4.06. The topological polar surface area (TPSA) is 69.1 Å². The van der Waals surface area contributed by atoms with Gasteiger partial charge in [0.15, 0.2) is 5.65 Å². The fourth-order valence-corrected chi connectivity index (χ4v) is 1.53. The molecule has 0 saturated carbocycles. The zero-order chi connectivity index (χ0) is 10.1. The van der Waals surface area contributed by atoms with Crippen molar-refractivity contribution >= 4 is 11.6 Å². The highest BCUT2D eigenvalue weighted by atomic mass is 15.3. The molecule has 0 spiro atoms. The Morgan fingerprint density at radius 2 is 2.21 bits per heavy atom. The number of hydrogen-bond donors (Lipinski definition) is 1. The number of nitrogen functional groups attached to an aromatic ring is 1. The highest BCUT2D eigenvalue weighted by molar-refractivity contribution is 5.44. The molecule has 0 aliphatic heterocycles. The quantitative estimate of drug-likeness (QED) is 0.767. The predicted molar refractivity (Wildman–Crippen MR) is 53.9 cm³/mol. The number of aryl methyl sites for hydroxylation is 2. The molecule has 0 aliphatic rings. The van der Waals surface area contributed by atoms with Gasteiger partial charge in [-0.15, -0.1) is 10.2 Å². The lowest BCUT2D eigenvalue weighted by molar-refractivity contribution is 0.804. The predicted octanol–water partition coefficient (Wildman–Crippen LogP) is 0.967. The molecule has 0 saturated heterocycles. The molecule has 2 aromatic rings. The second kappa shape index (κ2) is 3.25. The first-order valence-corrected chi connectivity index (χ1v) is 4.69. The van der Waals surface area contributed by atoms with Gasteiger partial charge in [0.05, 0.1) is 0 Å². The van der Waals surface area contributed by atoms with Crippen LogP contribution < -0.4 is 5.73 Å².